The molecule has 0 aromatic heterocycles. The smallest absolute Gasteiger partial charge is 0.250 e. The molecule has 1 aliphatic rings. The SMILES string of the molecule is NC1CCCC(OCC(=O)Nc2cccc(F)c2)C1. The lowest BCUT2D eigenvalue weighted by Crippen LogP contribution is -2.33. The molecule has 5 heteroatoms. The van der Waals surface area contributed by atoms with E-state index in [0.29, 0.717) is 5.69 Å². The number of carbonyl (C=O) groups excluding carboxylic acids is 1. The van der Waals surface area contributed by atoms with Crippen LogP contribution in [0, 0.1) is 5.82 Å². The van der Waals surface area contributed by atoms with E-state index in [-0.39, 0.29) is 30.5 Å². The van der Waals surface area contributed by atoms with Gasteiger partial charge in [-0.25, -0.2) is 4.39 Å². The summed E-state index contributed by atoms with van der Waals surface area (Å²) in [6.07, 6.45) is 3.86. The van der Waals surface area contributed by atoms with Crippen LogP contribution in [0.1, 0.15) is 25.7 Å². The number of hydrogen-bond acceptors (Lipinski definition) is 3. The fraction of sp³-hybridized carbons (Fsp3) is 0.500. The number of carbonyl (C=O) groups is 1. The van der Waals surface area contributed by atoms with Gasteiger partial charge in [0.25, 0.3) is 0 Å². The van der Waals surface area contributed by atoms with Crippen molar-refractivity contribution < 1.29 is 13.9 Å². The quantitative estimate of drug-likeness (QED) is 0.876. The number of rotatable bonds is 4. The van der Waals surface area contributed by atoms with Gasteiger partial charge in [0.1, 0.15) is 12.4 Å². The van der Waals surface area contributed by atoms with Crippen LogP contribution in [0.4, 0.5) is 10.1 Å². The Bertz CT molecular complexity index is 439. The molecule has 104 valence electrons. The molecule has 1 amide bonds. The minimum absolute atomic E-state index is 0.0199. The van der Waals surface area contributed by atoms with Crippen LogP contribution in [0.3, 0.4) is 0 Å². The molecule has 0 bridgehead atoms. The Hall–Kier alpha value is -1.46. The first-order valence-corrected chi connectivity index (χ1v) is 6.56. The van der Waals surface area contributed by atoms with E-state index >= 15 is 0 Å². The second-order valence-electron chi connectivity index (χ2n) is 4.92. The zero-order valence-corrected chi connectivity index (χ0v) is 10.8. The number of nitrogens with one attached hydrogen (secondary N) is 1. The number of halogens is 1. The lowest BCUT2D eigenvalue weighted by molar-refractivity contribution is -0.123. The first-order chi connectivity index (χ1) is 9.13. The molecule has 0 radical (unpaired) electrons. The summed E-state index contributed by atoms with van der Waals surface area (Å²) >= 11 is 0. The molecule has 2 rings (SSSR count). The van der Waals surface area contributed by atoms with E-state index in [2.05, 4.69) is 5.32 Å². The summed E-state index contributed by atoms with van der Waals surface area (Å²) in [4.78, 5) is 11.7. The minimum atomic E-state index is -0.378. The number of amides is 1. The molecule has 0 aliphatic heterocycles. The molecule has 0 heterocycles. The molecule has 1 saturated carbocycles. The van der Waals surface area contributed by atoms with Gasteiger partial charge >= 0.3 is 0 Å². The second-order valence-corrected chi connectivity index (χ2v) is 4.92. The van der Waals surface area contributed by atoms with Gasteiger partial charge < -0.3 is 15.8 Å². The van der Waals surface area contributed by atoms with Crippen LogP contribution in [-0.4, -0.2) is 24.7 Å². The van der Waals surface area contributed by atoms with Crippen molar-refractivity contribution in [1.29, 1.82) is 0 Å². The van der Waals surface area contributed by atoms with Crippen molar-refractivity contribution in [1.82, 2.24) is 0 Å². The summed E-state index contributed by atoms with van der Waals surface area (Å²) in [5.74, 6) is -0.651. The van der Waals surface area contributed by atoms with E-state index in [4.69, 9.17) is 10.5 Å². The highest BCUT2D eigenvalue weighted by Crippen LogP contribution is 2.19. The maximum absolute atomic E-state index is 12.9. The number of anilines is 1. The Labute approximate surface area is 112 Å². The van der Waals surface area contributed by atoms with Gasteiger partial charge in [-0.15, -0.1) is 0 Å². The summed E-state index contributed by atoms with van der Waals surface area (Å²) in [7, 11) is 0. The highest BCUT2D eigenvalue weighted by atomic mass is 19.1. The van der Waals surface area contributed by atoms with Gasteiger partial charge in [0.15, 0.2) is 0 Å². The molecule has 0 spiro atoms. The van der Waals surface area contributed by atoms with Crippen molar-refractivity contribution >= 4 is 11.6 Å². The van der Waals surface area contributed by atoms with Gasteiger partial charge in [-0.1, -0.05) is 6.07 Å². The van der Waals surface area contributed by atoms with E-state index in [9.17, 15) is 9.18 Å². The van der Waals surface area contributed by atoms with E-state index in [1.54, 1.807) is 12.1 Å². The van der Waals surface area contributed by atoms with Crippen LogP contribution in [-0.2, 0) is 9.53 Å². The van der Waals surface area contributed by atoms with Crippen LogP contribution in [0.25, 0.3) is 0 Å². The predicted molar refractivity (Wildman–Crippen MR) is 71.2 cm³/mol. The largest absolute Gasteiger partial charge is 0.368 e. The predicted octanol–water partition coefficient (Wildman–Crippen LogP) is 2.05. The van der Waals surface area contributed by atoms with E-state index in [0.717, 1.165) is 25.7 Å². The average molecular weight is 266 g/mol. The first kappa shape index (κ1) is 14.0. The number of nitrogens with two attached hydrogens (primary N) is 1. The van der Waals surface area contributed by atoms with Crippen LogP contribution < -0.4 is 11.1 Å². The highest BCUT2D eigenvalue weighted by Gasteiger charge is 2.20. The van der Waals surface area contributed by atoms with Gasteiger partial charge in [-0.05, 0) is 43.9 Å². The van der Waals surface area contributed by atoms with Crippen LogP contribution >= 0.6 is 0 Å². The third-order valence-electron chi connectivity index (χ3n) is 3.23. The third kappa shape index (κ3) is 4.61. The molecule has 3 N–H and O–H groups in total. The summed E-state index contributed by atoms with van der Waals surface area (Å²) in [6.45, 7) is -0.0199. The van der Waals surface area contributed by atoms with Gasteiger partial charge in [0, 0.05) is 11.7 Å². The fourth-order valence-electron chi connectivity index (χ4n) is 2.29. The Balaban J connectivity index is 1.75. The van der Waals surface area contributed by atoms with Crippen molar-refractivity contribution in [2.45, 2.75) is 37.8 Å². The van der Waals surface area contributed by atoms with Gasteiger partial charge in [0.05, 0.1) is 6.10 Å². The number of benzene rings is 1. The zero-order chi connectivity index (χ0) is 13.7. The minimum Gasteiger partial charge on any atom is -0.368 e. The van der Waals surface area contributed by atoms with Crippen molar-refractivity contribution in [3.8, 4) is 0 Å². The number of ether oxygens (including phenoxy) is 1. The average Bonchev–Trinajstić information content (AvgIpc) is 2.36. The standard InChI is InChI=1S/C14H19FN2O2/c15-10-3-1-5-12(7-10)17-14(18)9-19-13-6-2-4-11(16)8-13/h1,3,5,7,11,13H,2,4,6,8-9,16H2,(H,17,18). The lowest BCUT2D eigenvalue weighted by Gasteiger charge is -2.26. The van der Waals surface area contributed by atoms with Crippen LogP contribution in [0.15, 0.2) is 24.3 Å². The first-order valence-electron chi connectivity index (χ1n) is 6.56. The van der Waals surface area contributed by atoms with E-state index in [1.807, 2.05) is 0 Å². The molecule has 4 nitrogen and oxygen atoms in total. The van der Waals surface area contributed by atoms with Crippen LogP contribution in [0.5, 0.6) is 0 Å². The summed E-state index contributed by atoms with van der Waals surface area (Å²) < 4.78 is 18.5. The zero-order valence-electron chi connectivity index (χ0n) is 10.8. The Morgan fingerprint density at radius 2 is 2.32 bits per heavy atom. The van der Waals surface area contributed by atoms with Crippen molar-refractivity contribution in [2.24, 2.45) is 5.73 Å². The molecule has 1 aromatic carbocycles. The van der Waals surface area contributed by atoms with Crippen molar-refractivity contribution in [3.05, 3.63) is 30.1 Å². The summed E-state index contributed by atoms with van der Waals surface area (Å²) in [5.41, 5.74) is 6.29. The van der Waals surface area contributed by atoms with E-state index in [1.165, 1.54) is 12.1 Å². The molecular formula is C14H19FN2O2. The maximum Gasteiger partial charge on any atom is 0.250 e. The Kier molecular flexibility index (Phi) is 4.87. The lowest BCUT2D eigenvalue weighted by atomic mass is 9.94. The molecule has 1 aliphatic carbocycles. The van der Waals surface area contributed by atoms with Crippen molar-refractivity contribution in [3.63, 3.8) is 0 Å². The molecular weight excluding hydrogens is 247 g/mol. The number of hydrogen-bond donors (Lipinski definition) is 2. The monoisotopic (exact) mass is 266 g/mol. The summed E-state index contributed by atoms with van der Waals surface area (Å²) in [6, 6.07) is 5.96. The fourth-order valence-corrected chi connectivity index (χ4v) is 2.29. The molecule has 2 unspecified atom stereocenters. The molecule has 2 atom stereocenters. The molecule has 0 saturated heterocycles. The van der Waals surface area contributed by atoms with Gasteiger partial charge in [-0.3, -0.25) is 4.79 Å². The highest BCUT2D eigenvalue weighted by molar-refractivity contribution is 5.91. The normalized spacial score (nSPS) is 23.1. The Morgan fingerprint density at radius 1 is 1.47 bits per heavy atom. The molecule has 1 aromatic rings. The van der Waals surface area contributed by atoms with E-state index < -0.39 is 0 Å². The second kappa shape index (κ2) is 6.63. The maximum atomic E-state index is 12.9. The van der Waals surface area contributed by atoms with Crippen LogP contribution in [0.2, 0.25) is 0 Å². The third-order valence-corrected chi connectivity index (χ3v) is 3.23. The molecule has 19 heavy (non-hydrogen) atoms. The molecule has 1 fully saturated rings. The topological polar surface area (TPSA) is 64.3 Å². The van der Waals surface area contributed by atoms with Crippen molar-refractivity contribution in [2.75, 3.05) is 11.9 Å². The Morgan fingerprint density at radius 3 is 3.05 bits per heavy atom. The summed E-state index contributed by atoms with van der Waals surface area (Å²) in [5, 5.41) is 2.60. The van der Waals surface area contributed by atoms with Gasteiger partial charge in [0.2, 0.25) is 5.91 Å². The van der Waals surface area contributed by atoms with Gasteiger partial charge in [-0.2, -0.15) is 0 Å².